The van der Waals surface area contributed by atoms with Crippen molar-refractivity contribution in [1.82, 2.24) is 0 Å². The van der Waals surface area contributed by atoms with Gasteiger partial charge in [0.15, 0.2) is 0 Å². The van der Waals surface area contributed by atoms with Crippen LogP contribution in [0, 0.1) is 0 Å². The van der Waals surface area contributed by atoms with Crippen molar-refractivity contribution in [2.45, 2.75) is 119 Å². The summed E-state index contributed by atoms with van der Waals surface area (Å²) in [5.41, 5.74) is 8.85. The molecule has 0 N–H and O–H groups in total. The van der Waals surface area contributed by atoms with E-state index in [9.17, 15) is 0 Å². The minimum Gasteiger partial charge on any atom is -0.0587 e. The van der Waals surface area contributed by atoms with Crippen LogP contribution in [-0.2, 0) is 0 Å². The van der Waals surface area contributed by atoms with Crippen LogP contribution in [0.3, 0.4) is 0 Å². The number of halogens is 3. The van der Waals surface area contributed by atoms with E-state index in [-0.39, 0.29) is 0 Å². The standard InChI is InChI=1S/C36H48Br3P/c1-19(2)28-13-25(37)14-29(20(3)4)34(28)40(35-30(21(5)6)15-26(38)16-31(35)22(7)8)36-32(23(9)10)17-27(39)18-33(36)24(11)12/h13-24H,1-12H3. The van der Waals surface area contributed by atoms with E-state index in [1.165, 1.54) is 46.8 Å². The molecule has 0 amide bonds. The summed E-state index contributed by atoms with van der Waals surface area (Å²) in [5.74, 6) is 2.48. The van der Waals surface area contributed by atoms with E-state index in [2.05, 4.69) is 167 Å². The molecular formula is C36H48Br3P. The molecule has 0 saturated heterocycles. The first-order valence-corrected chi connectivity index (χ1v) is 18.6. The summed E-state index contributed by atoms with van der Waals surface area (Å²) in [4.78, 5) is 0. The zero-order chi connectivity index (χ0) is 30.2. The molecule has 0 aliphatic heterocycles. The fourth-order valence-electron chi connectivity index (χ4n) is 5.68. The molecule has 0 heterocycles. The van der Waals surface area contributed by atoms with Gasteiger partial charge in [-0.2, -0.15) is 0 Å². The van der Waals surface area contributed by atoms with Crippen molar-refractivity contribution in [3.63, 3.8) is 0 Å². The van der Waals surface area contributed by atoms with Crippen LogP contribution in [-0.4, -0.2) is 0 Å². The summed E-state index contributed by atoms with van der Waals surface area (Å²) >= 11 is 11.7. The smallest absolute Gasteiger partial charge is 0.0181 e. The zero-order valence-electron chi connectivity index (χ0n) is 26.5. The summed E-state index contributed by atoms with van der Waals surface area (Å²) in [6.07, 6.45) is 0. The van der Waals surface area contributed by atoms with Gasteiger partial charge in [0.25, 0.3) is 0 Å². The molecule has 0 aromatic heterocycles. The molecule has 3 aromatic carbocycles. The van der Waals surface area contributed by atoms with Gasteiger partial charge in [-0.1, -0.05) is 131 Å². The Morgan fingerprint density at radius 3 is 0.625 bits per heavy atom. The van der Waals surface area contributed by atoms with Gasteiger partial charge < -0.3 is 0 Å². The fraction of sp³-hybridized carbons (Fsp3) is 0.500. The average Bonchev–Trinajstić information content (AvgIpc) is 2.84. The van der Waals surface area contributed by atoms with Crippen LogP contribution in [0.1, 0.15) is 152 Å². The lowest BCUT2D eigenvalue weighted by Gasteiger charge is -2.36. The van der Waals surface area contributed by atoms with Crippen LogP contribution in [0.25, 0.3) is 0 Å². The Morgan fingerprint density at radius 1 is 0.350 bits per heavy atom. The third-order valence-corrected chi connectivity index (χ3v) is 12.1. The van der Waals surface area contributed by atoms with Gasteiger partial charge in [-0.3, -0.25) is 0 Å². The highest BCUT2D eigenvalue weighted by molar-refractivity contribution is 9.11. The molecule has 0 spiro atoms. The number of rotatable bonds is 9. The largest absolute Gasteiger partial charge is 0.0587 e. The molecule has 218 valence electrons. The lowest BCUT2D eigenvalue weighted by atomic mass is 9.94. The normalized spacial score (nSPS) is 12.4. The van der Waals surface area contributed by atoms with Crippen molar-refractivity contribution in [3.05, 3.63) is 83.2 Å². The van der Waals surface area contributed by atoms with Gasteiger partial charge in [-0.25, -0.2) is 0 Å². The Balaban J connectivity index is 2.78. The molecule has 0 aliphatic rings. The molecule has 3 aromatic rings. The zero-order valence-corrected chi connectivity index (χ0v) is 32.2. The first-order chi connectivity index (χ1) is 18.6. The minimum atomic E-state index is -0.865. The molecule has 0 fully saturated rings. The molecule has 0 saturated carbocycles. The Bertz CT molecular complexity index is 1100. The molecule has 0 unspecified atom stereocenters. The molecule has 0 atom stereocenters. The van der Waals surface area contributed by atoms with Crippen LogP contribution >= 0.6 is 55.7 Å². The van der Waals surface area contributed by atoms with Gasteiger partial charge in [-0.15, -0.1) is 0 Å². The summed E-state index contributed by atoms with van der Waals surface area (Å²) in [6, 6.07) is 14.5. The van der Waals surface area contributed by atoms with E-state index < -0.39 is 7.92 Å². The maximum absolute atomic E-state index is 3.91. The van der Waals surface area contributed by atoms with Gasteiger partial charge in [0.05, 0.1) is 0 Å². The topological polar surface area (TPSA) is 0 Å². The highest BCUT2D eigenvalue weighted by Crippen LogP contribution is 2.48. The van der Waals surface area contributed by atoms with E-state index in [4.69, 9.17) is 0 Å². The highest BCUT2D eigenvalue weighted by Gasteiger charge is 2.34. The Morgan fingerprint density at radius 2 is 0.500 bits per heavy atom. The molecular weight excluding hydrogens is 703 g/mol. The van der Waals surface area contributed by atoms with E-state index in [1.54, 1.807) is 15.9 Å². The summed E-state index contributed by atoms with van der Waals surface area (Å²) in [7, 11) is -0.865. The van der Waals surface area contributed by atoms with Gasteiger partial charge >= 0.3 is 0 Å². The van der Waals surface area contributed by atoms with E-state index in [0.717, 1.165) is 0 Å². The molecule has 0 radical (unpaired) electrons. The predicted octanol–water partition coefficient (Wildman–Crippen LogP) is 12.5. The lowest BCUT2D eigenvalue weighted by molar-refractivity contribution is 0.838. The van der Waals surface area contributed by atoms with Crippen molar-refractivity contribution < 1.29 is 0 Å². The Kier molecular flexibility index (Phi) is 11.8. The molecule has 3 rings (SSSR count). The first-order valence-electron chi connectivity index (χ1n) is 14.9. The number of hydrogen-bond acceptors (Lipinski definition) is 0. The van der Waals surface area contributed by atoms with Crippen LogP contribution in [0.15, 0.2) is 49.8 Å². The SMILES string of the molecule is CC(C)c1cc(Br)cc(C(C)C)c1P(c1c(C(C)C)cc(Br)cc1C(C)C)c1c(C(C)C)cc(Br)cc1C(C)C. The van der Waals surface area contributed by atoms with Crippen LogP contribution in [0.5, 0.6) is 0 Å². The summed E-state index contributed by atoms with van der Waals surface area (Å²) < 4.78 is 3.56. The third kappa shape index (κ3) is 7.18. The van der Waals surface area contributed by atoms with E-state index >= 15 is 0 Å². The fourth-order valence-corrected chi connectivity index (χ4v) is 11.3. The van der Waals surface area contributed by atoms with Gasteiger partial charge in [-0.05, 0) is 129 Å². The highest BCUT2D eigenvalue weighted by atomic mass is 79.9. The summed E-state index contributed by atoms with van der Waals surface area (Å²) in [6.45, 7) is 28.4. The maximum atomic E-state index is 3.91. The van der Waals surface area contributed by atoms with Crippen molar-refractivity contribution in [3.8, 4) is 0 Å². The van der Waals surface area contributed by atoms with E-state index in [1.807, 2.05) is 0 Å². The van der Waals surface area contributed by atoms with Crippen molar-refractivity contribution in [2.75, 3.05) is 0 Å². The van der Waals surface area contributed by atoms with Gasteiger partial charge in [0, 0.05) is 13.4 Å². The van der Waals surface area contributed by atoms with Crippen molar-refractivity contribution >= 4 is 71.6 Å². The molecule has 0 aliphatic carbocycles. The van der Waals surface area contributed by atoms with Crippen molar-refractivity contribution in [2.24, 2.45) is 0 Å². The molecule has 40 heavy (non-hydrogen) atoms. The second-order valence-electron chi connectivity index (χ2n) is 13.1. The van der Waals surface area contributed by atoms with E-state index in [0.29, 0.717) is 35.5 Å². The monoisotopic (exact) mass is 748 g/mol. The minimum absolute atomic E-state index is 0.413. The predicted molar refractivity (Wildman–Crippen MR) is 193 cm³/mol. The van der Waals surface area contributed by atoms with Crippen molar-refractivity contribution in [1.29, 1.82) is 0 Å². The molecule has 4 heteroatoms. The molecule has 0 nitrogen and oxygen atoms in total. The van der Waals surface area contributed by atoms with Gasteiger partial charge in [0.1, 0.15) is 0 Å². The Hall–Kier alpha value is -0.470. The van der Waals surface area contributed by atoms with Gasteiger partial charge in [0.2, 0.25) is 0 Å². The number of benzene rings is 3. The third-order valence-electron chi connectivity index (χ3n) is 7.80. The molecule has 0 bridgehead atoms. The van der Waals surface area contributed by atoms with Crippen LogP contribution in [0.2, 0.25) is 0 Å². The summed E-state index contributed by atoms with van der Waals surface area (Å²) in [5, 5.41) is 4.71. The first kappa shape index (κ1) is 34.0. The Labute approximate surface area is 271 Å². The van der Waals surface area contributed by atoms with Crippen LogP contribution < -0.4 is 15.9 Å². The maximum Gasteiger partial charge on any atom is 0.0181 e. The lowest BCUT2D eigenvalue weighted by Crippen LogP contribution is -2.35. The van der Waals surface area contributed by atoms with Crippen LogP contribution in [0.4, 0.5) is 0 Å². The number of hydrogen-bond donors (Lipinski definition) is 0. The second kappa shape index (κ2) is 13.9. The quantitative estimate of drug-likeness (QED) is 0.191. The average molecular weight is 751 g/mol. The second-order valence-corrected chi connectivity index (χ2v) is 17.8.